The molecule has 0 amide bonds. The van der Waals surface area contributed by atoms with Crippen LogP contribution in [0, 0.1) is 0 Å². The van der Waals surface area contributed by atoms with Gasteiger partial charge in [-0.1, -0.05) is 75.4 Å². The van der Waals surface area contributed by atoms with Gasteiger partial charge in [0.1, 0.15) is 0 Å². The summed E-state index contributed by atoms with van der Waals surface area (Å²) in [5.74, 6) is 0.399. The van der Waals surface area contributed by atoms with Gasteiger partial charge in [0.05, 0.1) is 4.90 Å². The third kappa shape index (κ3) is 3.96. The van der Waals surface area contributed by atoms with Gasteiger partial charge in [0.2, 0.25) is 10.0 Å². The van der Waals surface area contributed by atoms with Crippen LogP contribution in [0.15, 0.2) is 71.6 Å². The predicted molar refractivity (Wildman–Crippen MR) is 120 cm³/mol. The molecule has 0 spiro atoms. The van der Waals surface area contributed by atoms with E-state index in [9.17, 15) is 8.42 Å². The molecule has 0 bridgehead atoms. The average Bonchev–Trinajstić information content (AvgIpc) is 2.73. The number of rotatable bonds is 3. The second-order valence-electron chi connectivity index (χ2n) is 9.02. The van der Waals surface area contributed by atoms with Crippen molar-refractivity contribution in [3.63, 3.8) is 0 Å². The highest BCUT2D eigenvalue weighted by Gasteiger charge is 2.30. The van der Waals surface area contributed by atoms with Crippen LogP contribution in [0.2, 0.25) is 0 Å². The normalized spacial score (nSPS) is 16.9. The minimum atomic E-state index is -3.44. The summed E-state index contributed by atoms with van der Waals surface area (Å²) in [7, 11) is -3.44. The Balaban J connectivity index is 1.51. The molecule has 1 saturated heterocycles. The van der Waals surface area contributed by atoms with E-state index in [1.165, 1.54) is 16.3 Å². The molecule has 152 valence electrons. The van der Waals surface area contributed by atoms with Crippen molar-refractivity contribution in [2.75, 3.05) is 13.1 Å². The second-order valence-corrected chi connectivity index (χ2v) is 11.0. The summed E-state index contributed by atoms with van der Waals surface area (Å²) in [6.45, 7) is 7.53. The number of hydrogen-bond donors (Lipinski definition) is 0. The summed E-state index contributed by atoms with van der Waals surface area (Å²) in [5, 5.41) is 2.54. The highest BCUT2D eigenvalue weighted by molar-refractivity contribution is 7.89. The van der Waals surface area contributed by atoms with E-state index in [1.54, 1.807) is 16.4 Å². The minimum absolute atomic E-state index is 0.0130. The molecular weight excluding hydrogens is 378 g/mol. The van der Waals surface area contributed by atoms with Crippen molar-refractivity contribution in [3.8, 4) is 0 Å². The predicted octanol–water partition coefficient (Wildman–Crippen LogP) is 5.71. The molecule has 1 aliphatic heterocycles. The smallest absolute Gasteiger partial charge is 0.207 e. The van der Waals surface area contributed by atoms with Crippen LogP contribution < -0.4 is 0 Å². The first-order valence-corrected chi connectivity index (χ1v) is 11.8. The standard InChI is InChI=1S/C25H29NO2S/c1-25(2,3)21-11-13-22(14-12-21)29(27,28)26-17-15-20(16-18-26)24-10-6-8-19-7-4-5-9-23(19)24/h4-14,20H,15-18H2,1-3H3. The first kappa shape index (κ1) is 20.1. The molecular formula is C25H29NO2S. The molecule has 3 nitrogen and oxygen atoms in total. The first-order chi connectivity index (χ1) is 13.8. The Kier molecular flexibility index (Phi) is 5.26. The van der Waals surface area contributed by atoms with E-state index < -0.39 is 10.0 Å². The number of sulfonamides is 1. The Morgan fingerprint density at radius 2 is 1.45 bits per heavy atom. The molecule has 3 aromatic carbocycles. The maximum atomic E-state index is 13.1. The van der Waals surface area contributed by atoms with E-state index in [0.29, 0.717) is 23.9 Å². The molecule has 0 aliphatic carbocycles. The molecule has 0 radical (unpaired) electrons. The Bertz CT molecular complexity index is 1100. The van der Waals surface area contributed by atoms with Crippen molar-refractivity contribution >= 4 is 20.8 Å². The maximum Gasteiger partial charge on any atom is 0.243 e. The van der Waals surface area contributed by atoms with E-state index >= 15 is 0 Å². The van der Waals surface area contributed by atoms with Gasteiger partial charge >= 0.3 is 0 Å². The van der Waals surface area contributed by atoms with Gasteiger partial charge in [-0.3, -0.25) is 0 Å². The van der Waals surface area contributed by atoms with Crippen molar-refractivity contribution in [1.82, 2.24) is 4.31 Å². The topological polar surface area (TPSA) is 37.4 Å². The van der Waals surface area contributed by atoms with Gasteiger partial charge in [0.25, 0.3) is 0 Å². The van der Waals surface area contributed by atoms with Crippen molar-refractivity contribution in [3.05, 3.63) is 77.9 Å². The third-order valence-electron chi connectivity index (χ3n) is 6.08. The van der Waals surface area contributed by atoms with Crippen LogP contribution >= 0.6 is 0 Å². The van der Waals surface area contributed by atoms with E-state index in [-0.39, 0.29) is 5.41 Å². The number of hydrogen-bond acceptors (Lipinski definition) is 2. The quantitative estimate of drug-likeness (QED) is 0.558. The van der Waals surface area contributed by atoms with Crippen LogP contribution in [0.5, 0.6) is 0 Å². The van der Waals surface area contributed by atoms with Gasteiger partial charge in [-0.05, 0) is 58.2 Å². The molecule has 3 aromatic rings. The zero-order chi connectivity index (χ0) is 20.6. The highest BCUT2D eigenvalue weighted by Crippen LogP contribution is 2.35. The molecule has 29 heavy (non-hydrogen) atoms. The van der Waals surface area contributed by atoms with E-state index in [0.717, 1.165) is 18.4 Å². The Hall–Kier alpha value is -2.17. The lowest BCUT2D eigenvalue weighted by Gasteiger charge is -2.32. The molecule has 0 aromatic heterocycles. The van der Waals surface area contributed by atoms with Crippen LogP contribution in [-0.4, -0.2) is 25.8 Å². The lowest BCUT2D eigenvalue weighted by Crippen LogP contribution is -2.37. The Morgan fingerprint density at radius 3 is 2.10 bits per heavy atom. The van der Waals surface area contributed by atoms with Crippen LogP contribution in [-0.2, 0) is 15.4 Å². The third-order valence-corrected chi connectivity index (χ3v) is 7.99. The Morgan fingerprint density at radius 1 is 0.828 bits per heavy atom. The van der Waals surface area contributed by atoms with Gasteiger partial charge in [-0.2, -0.15) is 4.31 Å². The second kappa shape index (κ2) is 7.58. The molecule has 1 heterocycles. The highest BCUT2D eigenvalue weighted by atomic mass is 32.2. The van der Waals surface area contributed by atoms with Crippen molar-refractivity contribution in [2.24, 2.45) is 0 Å². The van der Waals surface area contributed by atoms with Crippen LogP contribution in [0.3, 0.4) is 0 Å². The monoisotopic (exact) mass is 407 g/mol. The number of nitrogens with zero attached hydrogens (tertiary/aromatic N) is 1. The van der Waals surface area contributed by atoms with Gasteiger partial charge in [-0.25, -0.2) is 8.42 Å². The van der Waals surface area contributed by atoms with E-state index in [2.05, 4.69) is 63.2 Å². The summed E-state index contributed by atoms with van der Waals surface area (Å²) in [4.78, 5) is 0.397. The zero-order valence-corrected chi connectivity index (χ0v) is 18.2. The molecule has 1 fully saturated rings. The fourth-order valence-corrected chi connectivity index (χ4v) is 5.76. The van der Waals surface area contributed by atoms with E-state index in [1.807, 2.05) is 12.1 Å². The van der Waals surface area contributed by atoms with Gasteiger partial charge < -0.3 is 0 Å². The molecule has 4 heteroatoms. The lowest BCUT2D eigenvalue weighted by molar-refractivity contribution is 0.320. The van der Waals surface area contributed by atoms with Gasteiger partial charge in [0, 0.05) is 13.1 Å². The zero-order valence-electron chi connectivity index (χ0n) is 17.4. The van der Waals surface area contributed by atoms with Crippen LogP contribution in [0.1, 0.15) is 50.7 Å². The molecule has 0 atom stereocenters. The maximum absolute atomic E-state index is 13.1. The van der Waals surface area contributed by atoms with Crippen molar-refractivity contribution in [2.45, 2.75) is 49.8 Å². The first-order valence-electron chi connectivity index (χ1n) is 10.4. The summed E-state index contributed by atoms with van der Waals surface area (Å²) >= 11 is 0. The average molecular weight is 408 g/mol. The molecule has 0 N–H and O–H groups in total. The summed E-state index contributed by atoms with van der Waals surface area (Å²) in [6.07, 6.45) is 1.71. The minimum Gasteiger partial charge on any atom is -0.207 e. The fraction of sp³-hybridized carbons (Fsp3) is 0.360. The number of fused-ring (bicyclic) bond motifs is 1. The van der Waals surface area contributed by atoms with Crippen LogP contribution in [0.4, 0.5) is 0 Å². The number of piperidine rings is 1. The SMILES string of the molecule is CC(C)(C)c1ccc(S(=O)(=O)N2CCC(c3cccc4ccccc34)CC2)cc1. The summed E-state index contributed by atoms with van der Waals surface area (Å²) < 4.78 is 27.9. The van der Waals surface area contributed by atoms with Gasteiger partial charge in [0.15, 0.2) is 0 Å². The van der Waals surface area contributed by atoms with Crippen molar-refractivity contribution < 1.29 is 8.42 Å². The molecule has 4 rings (SSSR count). The van der Waals surface area contributed by atoms with Gasteiger partial charge in [-0.15, -0.1) is 0 Å². The van der Waals surface area contributed by atoms with Crippen LogP contribution in [0.25, 0.3) is 10.8 Å². The summed E-state index contributed by atoms with van der Waals surface area (Å²) in [5.41, 5.74) is 2.50. The largest absolute Gasteiger partial charge is 0.243 e. The molecule has 0 unspecified atom stereocenters. The molecule has 0 saturated carbocycles. The van der Waals surface area contributed by atoms with Crippen molar-refractivity contribution in [1.29, 1.82) is 0 Å². The fourth-order valence-electron chi connectivity index (χ4n) is 4.29. The summed E-state index contributed by atoms with van der Waals surface area (Å²) in [6, 6.07) is 22.3. The number of benzene rings is 3. The Labute approximate surface area is 174 Å². The molecule has 1 aliphatic rings. The van der Waals surface area contributed by atoms with E-state index in [4.69, 9.17) is 0 Å². The lowest BCUT2D eigenvalue weighted by atomic mass is 9.87.